The lowest BCUT2D eigenvalue weighted by Gasteiger charge is -2.24. The molecule has 0 saturated heterocycles. The fourth-order valence-corrected chi connectivity index (χ4v) is 2.10. The second kappa shape index (κ2) is 5.92. The number of benzene rings is 2. The quantitative estimate of drug-likeness (QED) is 0.849. The van der Waals surface area contributed by atoms with Crippen molar-refractivity contribution >= 4 is 11.4 Å². The normalized spacial score (nSPS) is 9.89. The molecule has 0 radical (unpaired) electrons. The van der Waals surface area contributed by atoms with Crippen molar-refractivity contribution in [3.05, 3.63) is 59.7 Å². The Bertz CT molecular complexity index is 599. The van der Waals surface area contributed by atoms with E-state index in [-0.39, 0.29) is 0 Å². The summed E-state index contributed by atoms with van der Waals surface area (Å²) in [5.74, 6) is 0. The topological polar surface area (TPSA) is 53.0 Å². The lowest BCUT2D eigenvalue weighted by atomic mass is 10.1. The van der Waals surface area contributed by atoms with Crippen LogP contribution < -0.4 is 10.6 Å². The van der Waals surface area contributed by atoms with Gasteiger partial charge in [0, 0.05) is 18.8 Å². The number of hydrogen-bond acceptors (Lipinski definition) is 3. The number of anilines is 2. The molecule has 0 aliphatic rings. The number of nitrogens with two attached hydrogens (primary N) is 1. The summed E-state index contributed by atoms with van der Waals surface area (Å²) >= 11 is 0. The van der Waals surface area contributed by atoms with Crippen molar-refractivity contribution in [1.82, 2.24) is 0 Å². The highest BCUT2D eigenvalue weighted by molar-refractivity contribution is 5.60. The van der Waals surface area contributed by atoms with Crippen molar-refractivity contribution in [1.29, 1.82) is 5.26 Å². The Morgan fingerprint density at radius 2 is 1.79 bits per heavy atom. The number of para-hydroxylation sites is 2. The number of hydrogen-bond donors (Lipinski definition) is 1. The van der Waals surface area contributed by atoms with Crippen molar-refractivity contribution < 1.29 is 0 Å². The molecule has 0 aliphatic carbocycles. The van der Waals surface area contributed by atoms with Crippen LogP contribution in [0.15, 0.2) is 48.5 Å². The summed E-state index contributed by atoms with van der Waals surface area (Å²) in [5, 5.41) is 9.18. The Hall–Kier alpha value is -2.47. The first-order chi connectivity index (χ1) is 9.26. The molecule has 3 heteroatoms. The average Bonchev–Trinajstić information content (AvgIpc) is 2.46. The van der Waals surface area contributed by atoms with Crippen LogP contribution in [0.4, 0.5) is 11.4 Å². The van der Waals surface area contributed by atoms with Gasteiger partial charge in [-0.15, -0.1) is 0 Å². The molecular formula is C16H17N3. The second-order valence-corrected chi connectivity index (χ2v) is 4.34. The van der Waals surface area contributed by atoms with Crippen LogP contribution in [0.2, 0.25) is 0 Å². The van der Waals surface area contributed by atoms with Gasteiger partial charge in [-0.05, 0) is 30.7 Å². The summed E-state index contributed by atoms with van der Waals surface area (Å²) in [6.07, 6.45) is 0. The van der Waals surface area contributed by atoms with Crippen LogP contribution >= 0.6 is 0 Å². The van der Waals surface area contributed by atoms with Gasteiger partial charge < -0.3 is 10.6 Å². The molecule has 0 saturated carbocycles. The summed E-state index contributed by atoms with van der Waals surface area (Å²) in [4.78, 5) is 2.16. The van der Waals surface area contributed by atoms with E-state index in [2.05, 4.69) is 17.9 Å². The Morgan fingerprint density at radius 3 is 2.47 bits per heavy atom. The zero-order chi connectivity index (χ0) is 13.7. The van der Waals surface area contributed by atoms with Gasteiger partial charge in [0.1, 0.15) is 6.07 Å². The van der Waals surface area contributed by atoms with Crippen molar-refractivity contribution in [2.45, 2.75) is 13.5 Å². The molecule has 0 fully saturated rings. The van der Waals surface area contributed by atoms with E-state index in [1.807, 2.05) is 48.5 Å². The monoisotopic (exact) mass is 251 g/mol. The largest absolute Gasteiger partial charge is 0.398 e. The predicted octanol–water partition coefficient (Wildman–Crippen LogP) is 3.17. The lowest BCUT2D eigenvalue weighted by Crippen LogP contribution is -2.23. The first kappa shape index (κ1) is 13.0. The second-order valence-electron chi connectivity index (χ2n) is 4.34. The maximum Gasteiger partial charge on any atom is 0.101 e. The molecule has 0 atom stereocenters. The van der Waals surface area contributed by atoms with Crippen LogP contribution in [0.3, 0.4) is 0 Å². The van der Waals surface area contributed by atoms with E-state index in [0.29, 0.717) is 12.1 Å². The Balaban J connectivity index is 2.31. The van der Waals surface area contributed by atoms with Crippen LogP contribution in [0.5, 0.6) is 0 Å². The van der Waals surface area contributed by atoms with Crippen molar-refractivity contribution in [3.8, 4) is 6.07 Å². The van der Waals surface area contributed by atoms with Crippen LogP contribution in [0, 0.1) is 11.3 Å². The van der Waals surface area contributed by atoms with E-state index in [4.69, 9.17) is 5.73 Å². The molecule has 0 unspecified atom stereocenters. The maximum absolute atomic E-state index is 9.18. The predicted molar refractivity (Wildman–Crippen MR) is 78.7 cm³/mol. The fourth-order valence-electron chi connectivity index (χ4n) is 2.10. The maximum atomic E-state index is 9.18. The average molecular weight is 251 g/mol. The number of rotatable bonds is 4. The van der Waals surface area contributed by atoms with E-state index >= 15 is 0 Å². The minimum absolute atomic E-state index is 0.693. The zero-order valence-corrected chi connectivity index (χ0v) is 11.0. The molecule has 0 bridgehead atoms. The molecule has 0 aliphatic heterocycles. The van der Waals surface area contributed by atoms with Gasteiger partial charge >= 0.3 is 0 Å². The fraction of sp³-hybridized carbons (Fsp3) is 0.188. The molecule has 2 N–H and O–H groups in total. The summed E-state index contributed by atoms with van der Waals surface area (Å²) in [6.45, 7) is 3.61. The minimum Gasteiger partial charge on any atom is -0.398 e. The number of nitrogens with zero attached hydrogens (tertiary/aromatic N) is 2. The Morgan fingerprint density at radius 1 is 1.11 bits per heavy atom. The highest BCUT2D eigenvalue weighted by Gasteiger charge is 2.10. The van der Waals surface area contributed by atoms with Crippen molar-refractivity contribution in [2.75, 3.05) is 17.2 Å². The molecule has 0 spiro atoms. The SMILES string of the molecule is CCN(Cc1ccccc1N)c1ccccc1C#N. The minimum atomic E-state index is 0.693. The first-order valence-corrected chi connectivity index (χ1v) is 6.33. The van der Waals surface area contributed by atoms with Gasteiger partial charge in [-0.1, -0.05) is 30.3 Å². The van der Waals surface area contributed by atoms with E-state index in [1.54, 1.807) is 0 Å². The summed E-state index contributed by atoms with van der Waals surface area (Å²) in [5.41, 5.74) is 9.50. The van der Waals surface area contributed by atoms with Crippen LogP contribution in [-0.4, -0.2) is 6.54 Å². The number of nitriles is 1. The van der Waals surface area contributed by atoms with Gasteiger partial charge in [0.05, 0.1) is 11.3 Å². The highest BCUT2D eigenvalue weighted by atomic mass is 15.1. The Kier molecular flexibility index (Phi) is 4.04. The van der Waals surface area contributed by atoms with Gasteiger partial charge in [-0.2, -0.15) is 5.26 Å². The third kappa shape index (κ3) is 2.86. The molecule has 19 heavy (non-hydrogen) atoms. The summed E-state index contributed by atoms with van der Waals surface area (Å²) in [6, 6.07) is 17.7. The van der Waals surface area contributed by atoms with Crippen LogP contribution in [-0.2, 0) is 6.54 Å². The van der Waals surface area contributed by atoms with Crippen molar-refractivity contribution in [3.63, 3.8) is 0 Å². The molecule has 2 rings (SSSR count). The van der Waals surface area contributed by atoms with E-state index in [1.165, 1.54) is 0 Å². The van der Waals surface area contributed by atoms with E-state index < -0.39 is 0 Å². The standard InChI is InChI=1S/C16H17N3/c1-2-19(12-14-8-3-5-9-15(14)18)16-10-6-4-7-13(16)11-17/h3-10H,2,12,18H2,1H3. The third-order valence-electron chi connectivity index (χ3n) is 3.16. The molecule has 2 aromatic rings. The van der Waals surface area contributed by atoms with Gasteiger partial charge in [-0.25, -0.2) is 0 Å². The van der Waals surface area contributed by atoms with Crippen molar-refractivity contribution in [2.24, 2.45) is 0 Å². The van der Waals surface area contributed by atoms with Gasteiger partial charge in [0.25, 0.3) is 0 Å². The first-order valence-electron chi connectivity index (χ1n) is 6.33. The smallest absolute Gasteiger partial charge is 0.101 e. The van der Waals surface area contributed by atoms with Gasteiger partial charge in [0.2, 0.25) is 0 Å². The molecule has 3 nitrogen and oxygen atoms in total. The van der Waals surface area contributed by atoms with Crippen LogP contribution in [0.1, 0.15) is 18.1 Å². The van der Waals surface area contributed by atoms with E-state index in [0.717, 1.165) is 23.5 Å². The molecule has 0 amide bonds. The molecule has 0 aromatic heterocycles. The summed E-state index contributed by atoms with van der Waals surface area (Å²) < 4.78 is 0. The van der Waals surface area contributed by atoms with Crippen LogP contribution in [0.25, 0.3) is 0 Å². The highest BCUT2D eigenvalue weighted by Crippen LogP contribution is 2.23. The molecule has 96 valence electrons. The molecular weight excluding hydrogens is 234 g/mol. The lowest BCUT2D eigenvalue weighted by molar-refractivity contribution is 0.832. The molecule has 2 aromatic carbocycles. The van der Waals surface area contributed by atoms with E-state index in [9.17, 15) is 5.26 Å². The number of nitrogen functional groups attached to an aromatic ring is 1. The zero-order valence-electron chi connectivity index (χ0n) is 11.0. The summed E-state index contributed by atoms with van der Waals surface area (Å²) in [7, 11) is 0. The van der Waals surface area contributed by atoms with Gasteiger partial charge in [-0.3, -0.25) is 0 Å². The Labute approximate surface area is 113 Å². The van der Waals surface area contributed by atoms with Gasteiger partial charge in [0.15, 0.2) is 0 Å². The molecule has 0 heterocycles. The third-order valence-corrected chi connectivity index (χ3v) is 3.16.